The Morgan fingerprint density at radius 3 is 1.27 bits per heavy atom. The van der Waals surface area contributed by atoms with E-state index in [1.165, 1.54) is 20.6 Å². The Morgan fingerprint density at radius 1 is 1.13 bits per heavy atom. The summed E-state index contributed by atoms with van der Waals surface area (Å²) in [4.78, 5) is 8.61. The Morgan fingerprint density at radius 2 is 1.27 bits per heavy atom. The van der Waals surface area contributed by atoms with E-state index in [9.17, 15) is 0 Å². The molecular weight excluding hydrogens is 233 g/mol. The van der Waals surface area contributed by atoms with E-state index in [0.29, 0.717) is 0 Å². The van der Waals surface area contributed by atoms with Crippen LogP contribution in [0.1, 0.15) is 35.1 Å². The van der Waals surface area contributed by atoms with Crippen molar-refractivity contribution in [2.24, 2.45) is 0 Å². The standard InChI is InChI=1S/C3H8.C2H7N.C2H7O3PS.2CH4/c2*1-3-2;1-4-6(3,7)5-2;;/h3H2,1-2H3;3H,1-2H3;1-2H3,(H,3,7);2*1H4. The van der Waals surface area contributed by atoms with Crippen LogP contribution < -0.4 is 5.32 Å². The predicted octanol–water partition coefficient (Wildman–Crippen LogP) is 3.02. The maximum atomic E-state index is 8.61. The van der Waals surface area contributed by atoms with Crippen LogP contribution in [0.15, 0.2) is 0 Å². The summed E-state index contributed by atoms with van der Waals surface area (Å²) < 4.78 is 8.69. The normalized spacial score (nSPS) is 7.93. The summed E-state index contributed by atoms with van der Waals surface area (Å²) in [5.41, 5.74) is 0. The molecule has 0 saturated carbocycles. The molecule has 15 heavy (non-hydrogen) atoms. The van der Waals surface area contributed by atoms with E-state index in [1.54, 1.807) is 0 Å². The van der Waals surface area contributed by atoms with Crippen LogP contribution in [-0.4, -0.2) is 33.2 Å². The fraction of sp³-hybridized carbons (Fsp3) is 1.00. The van der Waals surface area contributed by atoms with Gasteiger partial charge in [0.05, 0.1) is 0 Å². The Balaban J connectivity index is -0.0000000361. The van der Waals surface area contributed by atoms with Gasteiger partial charge in [0, 0.05) is 14.2 Å². The zero-order chi connectivity index (χ0) is 11.3. The molecule has 0 spiro atoms. The largest absolute Gasteiger partial charge is 0.324 e. The van der Waals surface area contributed by atoms with Crippen LogP contribution in [-0.2, 0) is 20.9 Å². The highest BCUT2D eigenvalue weighted by molar-refractivity contribution is 8.07. The quantitative estimate of drug-likeness (QED) is 0.750. The second-order valence-corrected chi connectivity index (χ2v) is 5.09. The van der Waals surface area contributed by atoms with E-state index in [2.05, 4.69) is 40.0 Å². The summed E-state index contributed by atoms with van der Waals surface area (Å²) in [5.74, 6) is 0. The molecule has 100 valence electrons. The summed E-state index contributed by atoms with van der Waals surface area (Å²) in [6, 6.07) is 0. The van der Waals surface area contributed by atoms with Crippen molar-refractivity contribution in [3.05, 3.63) is 0 Å². The van der Waals surface area contributed by atoms with Gasteiger partial charge in [-0.1, -0.05) is 35.1 Å². The van der Waals surface area contributed by atoms with Crippen LogP contribution in [0.4, 0.5) is 0 Å². The third kappa shape index (κ3) is 53.7. The molecule has 4 nitrogen and oxygen atoms in total. The van der Waals surface area contributed by atoms with Gasteiger partial charge in [-0.15, -0.1) is 0 Å². The second-order valence-electron chi connectivity index (χ2n) is 2.04. The van der Waals surface area contributed by atoms with Crippen molar-refractivity contribution in [3.63, 3.8) is 0 Å². The minimum Gasteiger partial charge on any atom is -0.324 e. The van der Waals surface area contributed by atoms with Crippen molar-refractivity contribution < 1.29 is 13.9 Å². The molecule has 0 rings (SSSR count). The minimum absolute atomic E-state index is 0. The number of hydrogen-bond donors (Lipinski definition) is 2. The summed E-state index contributed by atoms with van der Waals surface area (Å²) in [5, 5.41) is 2.75. The fourth-order valence-corrected chi connectivity index (χ4v) is 0.224. The molecule has 0 heterocycles. The van der Waals surface area contributed by atoms with Gasteiger partial charge in [-0.05, 0) is 25.9 Å². The predicted molar refractivity (Wildman–Crippen MR) is 74.9 cm³/mol. The molecule has 0 aromatic rings. The van der Waals surface area contributed by atoms with Crippen LogP contribution in [0.2, 0.25) is 0 Å². The lowest BCUT2D eigenvalue weighted by Crippen LogP contribution is -1.89. The van der Waals surface area contributed by atoms with Gasteiger partial charge >= 0.3 is 6.72 Å². The van der Waals surface area contributed by atoms with Gasteiger partial charge in [0.1, 0.15) is 0 Å². The van der Waals surface area contributed by atoms with Gasteiger partial charge in [-0.2, -0.15) is 0 Å². The minimum atomic E-state index is -2.82. The highest BCUT2D eigenvalue weighted by atomic mass is 32.5. The molecule has 0 atom stereocenters. The molecule has 0 bridgehead atoms. The lowest BCUT2D eigenvalue weighted by Gasteiger charge is -2.06. The summed E-state index contributed by atoms with van der Waals surface area (Å²) in [6.07, 6.45) is 1.25. The molecule has 0 unspecified atom stereocenters. The monoisotopic (exact) mass is 263 g/mol. The van der Waals surface area contributed by atoms with Crippen LogP contribution in [0, 0.1) is 0 Å². The van der Waals surface area contributed by atoms with Crippen LogP contribution in [0.25, 0.3) is 0 Å². The van der Waals surface area contributed by atoms with Gasteiger partial charge in [-0.3, -0.25) is 0 Å². The SMILES string of the molecule is C.C.CCC.CNC.COP(O)(=S)OC. The smallest absolute Gasteiger partial charge is 0.323 e. The van der Waals surface area contributed by atoms with E-state index in [0.717, 1.165) is 0 Å². The third-order valence-electron chi connectivity index (χ3n) is 0.461. The Bertz CT molecular complexity index is 116. The van der Waals surface area contributed by atoms with E-state index < -0.39 is 6.72 Å². The van der Waals surface area contributed by atoms with Crippen molar-refractivity contribution in [1.82, 2.24) is 5.32 Å². The lowest BCUT2D eigenvalue weighted by atomic mass is 10.6. The molecular formula is C9H30NO3PS. The Labute approximate surface area is 102 Å². The van der Waals surface area contributed by atoms with Crippen LogP contribution >= 0.6 is 6.72 Å². The fourth-order valence-electron chi connectivity index (χ4n) is 0.0745. The van der Waals surface area contributed by atoms with E-state index in [4.69, 9.17) is 4.89 Å². The maximum Gasteiger partial charge on any atom is 0.323 e. The van der Waals surface area contributed by atoms with Crippen LogP contribution in [0.3, 0.4) is 0 Å². The first-order valence-electron chi connectivity index (χ1n) is 3.98. The molecule has 0 fully saturated rings. The number of rotatable bonds is 2. The van der Waals surface area contributed by atoms with E-state index in [-0.39, 0.29) is 14.9 Å². The zero-order valence-electron chi connectivity index (χ0n) is 9.33. The molecule has 2 N–H and O–H groups in total. The Hall–Kier alpha value is 0.490. The first-order chi connectivity index (χ1) is 5.95. The van der Waals surface area contributed by atoms with Crippen molar-refractivity contribution in [1.29, 1.82) is 0 Å². The van der Waals surface area contributed by atoms with Crippen molar-refractivity contribution in [2.45, 2.75) is 35.1 Å². The molecule has 0 aliphatic carbocycles. The van der Waals surface area contributed by atoms with Gasteiger partial charge in [0.2, 0.25) is 0 Å². The van der Waals surface area contributed by atoms with Crippen LogP contribution in [0.5, 0.6) is 0 Å². The Kier molecular flexibility index (Phi) is 47.2. The molecule has 0 saturated heterocycles. The van der Waals surface area contributed by atoms with Gasteiger partial charge < -0.3 is 19.3 Å². The first-order valence-corrected chi connectivity index (χ1v) is 6.57. The molecule has 6 heteroatoms. The molecule has 0 aliphatic rings. The summed E-state index contributed by atoms with van der Waals surface area (Å²) >= 11 is 4.37. The summed E-state index contributed by atoms with van der Waals surface area (Å²) in [6.45, 7) is 1.43. The van der Waals surface area contributed by atoms with Gasteiger partial charge in [-0.25, -0.2) is 0 Å². The maximum absolute atomic E-state index is 8.61. The highest BCUT2D eigenvalue weighted by Gasteiger charge is 2.06. The molecule has 0 aromatic heterocycles. The number of nitrogens with one attached hydrogen (secondary N) is 1. The topological polar surface area (TPSA) is 50.7 Å². The third-order valence-corrected chi connectivity index (χ3v) is 2.28. The molecule has 0 aliphatic heterocycles. The molecule has 0 aromatic carbocycles. The van der Waals surface area contributed by atoms with Crippen molar-refractivity contribution in [2.75, 3.05) is 28.3 Å². The van der Waals surface area contributed by atoms with E-state index >= 15 is 0 Å². The number of hydrogen-bond acceptors (Lipinski definition) is 4. The average molecular weight is 263 g/mol. The average Bonchev–Trinajstić information content (AvgIpc) is 2.08. The zero-order valence-corrected chi connectivity index (χ0v) is 11.0. The first kappa shape index (κ1) is 29.6. The lowest BCUT2D eigenvalue weighted by molar-refractivity contribution is 0.267. The second kappa shape index (κ2) is 24.0. The van der Waals surface area contributed by atoms with Crippen molar-refractivity contribution >= 4 is 18.5 Å². The highest BCUT2D eigenvalue weighted by Crippen LogP contribution is 2.40. The molecule has 0 radical (unpaired) electrons. The molecule has 0 amide bonds. The van der Waals surface area contributed by atoms with Gasteiger partial charge in [0.25, 0.3) is 0 Å². The van der Waals surface area contributed by atoms with Gasteiger partial charge in [0.15, 0.2) is 0 Å². The summed E-state index contributed by atoms with van der Waals surface area (Å²) in [7, 11) is 6.37. The van der Waals surface area contributed by atoms with Crippen molar-refractivity contribution in [3.8, 4) is 0 Å². The van der Waals surface area contributed by atoms with E-state index in [1.807, 2.05) is 14.1 Å².